The molecule has 0 radical (unpaired) electrons. The summed E-state index contributed by atoms with van der Waals surface area (Å²) in [5.41, 5.74) is 2.10. The lowest BCUT2D eigenvalue weighted by atomic mass is 9.89. The highest BCUT2D eigenvalue weighted by Gasteiger charge is 2.39. The Morgan fingerprint density at radius 3 is 2.36 bits per heavy atom. The van der Waals surface area contributed by atoms with Crippen LogP contribution in [0.4, 0.5) is 4.39 Å². The summed E-state index contributed by atoms with van der Waals surface area (Å²) in [6.45, 7) is 2.58. The molecular formula is C23H22FN3O. The number of alkyl halides is 1. The molecule has 1 fully saturated rings. The SMILES string of the molecule is Cc1nc(-c2ccccc2)ccc1C(=O)N1CCC(F)(c2ccccn2)CC1. The van der Waals surface area contributed by atoms with Crippen molar-refractivity contribution in [2.45, 2.75) is 25.4 Å². The largest absolute Gasteiger partial charge is 0.338 e. The first kappa shape index (κ1) is 18.3. The van der Waals surface area contributed by atoms with E-state index in [-0.39, 0.29) is 18.7 Å². The molecule has 0 unspecified atom stereocenters. The minimum atomic E-state index is -1.47. The van der Waals surface area contributed by atoms with Crippen molar-refractivity contribution in [1.29, 1.82) is 0 Å². The number of aryl methyl sites for hydroxylation is 1. The van der Waals surface area contributed by atoms with E-state index in [2.05, 4.69) is 9.97 Å². The minimum absolute atomic E-state index is 0.0901. The lowest BCUT2D eigenvalue weighted by Gasteiger charge is -2.36. The number of hydrogen-bond donors (Lipinski definition) is 0. The van der Waals surface area contributed by atoms with Gasteiger partial charge in [0.2, 0.25) is 0 Å². The zero-order chi connectivity index (χ0) is 19.6. The van der Waals surface area contributed by atoms with E-state index in [1.807, 2.05) is 49.4 Å². The lowest BCUT2D eigenvalue weighted by molar-refractivity contribution is 0.0402. The van der Waals surface area contributed by atoms with E-state index in [1.165, 1.54) is 0 Å². The summed E-state index contributed by atoms with van der Waals surface area (Å²) in [4.78, 5) is 23.4. The number of piperidine rings is 1. The third-order valence-electron chi connectivity index (χ3n) is 5.35. The second-order valence-corrected chi connectivity index (χ2v) is 7.17. The predicted octanol–water partition coefficient (Wildman–Crippen LogP) is 4.55. The molecule has 2 aromatic heterocycles. The van der Waals surface area contributed by atoms with Crippen molar-refractivity contribution in [3.8, 4) is 11.3 Å². The Kier molecular flexibility index (Phi) is 4.90. The first-order valence-corrected chi connectivity index (χ1v) is 9.50. The summed E-state index contributed by atoms with van der Waals surface area (Å²) in [6, 6.07) is 18.8. The third kappa shape index (κ3) is 3.52. The fourth-order valence-corrected chi connectivity index (χ4v) is 3.68. The molecule has 0 aliphatic carbocycles. The maximum Gasteiger partial charge on any atom is 0.255 e. The Hall–Kier alpha value is -3.08. The monoisotopic (exact) mass is 375 g/mol. The van der Waals surface area contributed by atoms with Crippen LogP contribution in [0.25, 0.3) is 11.3 Å². The molecule has 0 spiro atoms. The highest BCUT2D eigenvalue weighted by molar-refractivity contribution is 5.95. The molecule has 1 saturated heterocycles. The van der Waals surface area contributed by atoms with Crippen molar-refractivity contribution < 1.29 is 9.18 Å². The van der Waals surface area contributed by atoms with Crippen molar-refractivity contribution in [2.75, 3.05) is 13.1 Å². The number of hydrogen-bond acceptors (Lipinski definition) is 3. The van der Waals surface area contributed by atoms with E-state index in [0.29, 0.717) is 30.0 Å². The highest BCUT2D eigenvalue weighted by Crippen LogP contribution is 2.36. The number of pyridine rings is 2. The van der Waals surface area contributed by atoms with Gasteiger partial charge in [-0.05, 0) is 31.2 Å². The summed E-state index contributed by atoms with van der Waals surface area (Å²) in [6.07, 6.45) is 2.12. The highest BCUT2D eigenvalue weighted by atomic mass is 19.1. The molecule has 1 aliphatic rings. The van der Waals surface area contributed by atoms with Crippen molar-refractivity contribution in [3.63, 3.8) is 0 Å². The van der Waals surface area contributed by atoms with Gasteiger partial charge in [-0.3, -0.25) is 14.8 Å². The van der Waals surface area contributed by atoms with Crippen LogP contribution in [0.5, 0.6) is 0 Å². The number of likely N-dealkylation sites (tertiary alicyclic amines) is 1. The Balaban J connectivity index is 1.49. The van der Waals surface area contributed by atoms with E-state index in [4.69, 9.17) is 0 Å². The molecule has 0 bridgehead atoms. The molecule has 142 valence electrons. The van der Waals surface area contributed by atoms with Crippen LogP contribution in [0.2, 0.25) is 0 Å². The van der Waals surface area contributed by atoms with Gasteiger partial charge in [0.15, 0.2) is 5.67 Å². The third-order valence-corrected chi connectivity index (χ3v) is 5.35. The van der Waals surface area contributed by atoms with Crippen molar-refractivity contribution in [2.24, 2.45) is 0 Å². The van der Waals surface area contributed by atoms with Gasteiger partial charge >= 0.3 is 0 Å². The Morgan fingerprint density at radius 1 is 1.00 bits per heavy atom. The normalized spacial score (nSPS) is 16.0. The fraction of sp³-hybridized carbons (Fsp3) is 0.261. The number of aromatic nitrogens is 2. The molecule has 4 nitrogen and oxygen atoms in total. The van der Waals surface area contributed by atoms with Crippen LogP contribution >= 0.6 is 0 Å². The topological polar surface area (TPSA) is 46.1 Å². The first-order valence-electron chi connectivity index (χ1n) is 9.50. The van der Waals surface area contributed by atoms with Gasteiger partial charge in [0, 0.05) is 37.7 Å². The van der Waals surface area contributed by atoms with E-state index in [9.17, 15) is 4.79 Å². The van der Waals surface area contributed by atoms with Crippen LogP contribution in [-0.4, -0.2) is 33.9 Å². The Bertz CT molecular complexity index is 968. The molecule has 3 heterocycles. The fourth-order valence-electron chi connectivity index (χ4n) is 3.68. The van der Waals surface area contributed by atoms with E-state index in [0.717, 1.165) is 11.3 Å². The first-order chi connectivity index (χ1) is 13.6. The predicted molar refractivity (Wildman–Crippen MR) is 107 cm³/mol. The molecule has 1 aromatic carbocycles. The number of amides is 1. The summed E-state index contributed by atoms with van der Waals surface area (Å²) >= 11 is 0. The molecule has 0 atom stereocenters. The smallest absolute Gasteiger partial charge is 0.255 e. The molecule has 28 heavy (non-hydrogen) atoms. The average molecular weight is 375 g/mol. The summed E-state index contributed by atoms with van der Waals surface area (Å²) < 4.78 is 15.3. The van der Waals surface area contributed by atoms with Gasteiger partial charge in [0.1, 0.15) is 0 Å². The maximum absolute atomic E-state index is 15.3. The molecule has 5 heteroatoms. The summed E-state index contributed by atoms with van der Waals surface area (Å²) in [7, 11) is 0. The van der Waals surface area contributed by atoms with Crippen LogP contribution in [0.15, 0.2) is 66.9 Å². The standard InChI is InChI=1S/C23H22FN3O/c1-17-19(10-11-20(26-17)18-7-3-2-4-8-18)22(28)27-15-12-23(24,13-16-27)21-9-5-6-14-25-21/h2-11,14H,12-13,15-16H2,1H3. The number of nitrogens with zero attached hydrogens (tertiary/aromatic N) is 3. The van der Waals surface area contributed by atoms with Gasteiger partial charge in [-0.2, -0.15) is 0 Å². The number of halogens is 1. The Morgan fingerprint density at radius 2 is 1.71 bits per heavy atom. The van der Waals surface area contributed by atoms with Crippen molar-refractivity contribution in [3.05, 3.63) is 83.8 Å². The summed E-state index contributed by atoms with van der Waals surface area (Å²) in [5, 5.41) is 0. The molecule has 1 amide bonds. The van der Waals surface area contributed by atoms with Crippen LogP contribution in [0.3, 0.4) is 0 Å². The molecule has 4 rings (SSSR count). The van der Waals surface area contributed by atoms with Crippen LogP contribution < -0.4 is 0 Å². The molecular weight excluding hydrogens is 353 g/mol. The second kappa shape index (κ2) is 7.50. The number of benzene rings is 1. The average Bonchev–Trinajstić information content (AvgIpc) is 2.75. The number of rotatable bonds is 3. The van der Waals surface area contributed by atoms with E-state index < -0.39 is 5.67 Å². The molecule has 0 saturated carbocycles. The number of carbonyl (C=O) groups is 1. The van der Waals surface area contributed by atoms with Gasteiger partial charge in [0.25, 0.3) is 5.91 Å². The van der Waals surface area contributed by atoms with Gasteiger partial charge < -0.3 is 4.90 Å². The van der Waals surface area contributed by atoms with E-state index >= 15 is 4.39 Å². The molecule has 1 aliphatic heterocycles. The van der Waals surface area contributed by atoms with Crippen LogP contribution in [0.1, 0.15) is 34.6 Å². The van der Waals surface area contributed by atoms with Gasteiger partial charge in [-0.25, -0.2) is 4.39 Å². The van der Waals surface area contributed by atoms with Crippen LogP contribution in [-0.2, 0) is 5.67 Å². The van der Waals surface area contributed by atoms with Crippen molar-refractivity contribution in [1.82, 2.24) is 14.9 Å². The molecule has 0 N–H and O–H groups in total. The van der Waals surface area contributed by atoms with E-state index in [1.54, 1.807) is 29.3 Å². The lowest BCUT2D eigenvalue weighted by Crippen LogP contribution is -2.43. The van der Waals surface area contributed by atoms with Gasteiger partial charge in [-0.1, -0.05) is 36.4 Å². The Labute approximate surface area is 164 Å². The molecule has 3 aromatic rings. The quantitative estimate of drug-likeness (QED) is 0.674. The number of carbonyl (C=O) groups excluding carboxylic acids is 1. The second-order valence-electron chi connectivity index (χ2n) is 7.17. The van der Waals surface area contributed by atoms with Gasteiger partial charge in [-0.15, -0.1) is 0 Å². The minimum Gasteiger partial charge on any atom is -0.338 e. The van der Waals surface area contributed by atoms with Gasteiger partial charge in [0.05, 0.1) is 22.6 Å². The summed E-state index contributed by atoms with van der Waals surface area (Å²) in [5.74, 6) is -0.0901. The van der Waals surface area contributed by atoms with Crippen molar-refractivity contribution >= 4 is 5.91 Å². The van der Waals surface area contributed by atoms with Crippen LogP contribution in [0, 0.1) is 6.92 Å². The maximum atomic E-state index is 15.3. The zero-order valence-electron chi connectivity index (χ0n) is 15.8. The zero-order valence-corrected chi connectivity index (χ0v) is 15.8.